The molecule has 2 unspecified atom stereocenters. The minimum atomic E-state index is 0.0780. The summed E-state index contributed by atoms with van der Waals surface area (Å²) in [7, 11) is 0. The third kappa shape index (κ3) is 4.79. The summed E-state index contributed by atoms with van der Waals surface area (Å²) < 4.78 is 0. The zero-order valence-electron chi connectivity index (χ0n) is 12.4. The fraction of sp³-hybridized carbons (Fsp3) is 0.938. The summed E-state index contributed by atoms with van der Waals surface area (Å²) >= 11 is 0. The molecule has 110 valence electrons. The Bertz CT molecular complexity index is 274. The molecule has 0 spiro atoms. The standard InChI is InChI=1S/C16H30N2O/c1-13(19)17-11-12-18-16-10-6-5-9-15(16)14-7-3-2-4-8-14/h14-16,18H,2-12H2,1H3,(H,17,19). The molecule has 3 heteroatoms. The van der Waals surface area contributed by atoms with Crippen molar-refractivity contribution in [3.05, 3.63) is 0 Å². The van der Waals surface area contributed by atoms with Gasteiger partial charge in [-0.25, -0.2) is 0 Å². The maximum atomic E-state index is 10.9. The van der Waals surface area contributed by atoms with Gasteiger partial charge >= 0.3 is 0 Å². The smallest absolute Gasteiger partial charge is 0.216 e. The van der Waals surface area contributed by atoms with Crippen LogP contribution >= 0.6 is 0 Å². The van der Waals surface area contributed by atoms with E-state index in [2.05, 4.69) is 10.6 Å². The van der Waals surface area contributed by atoms with Crippen molar-refractivity contribution in [3.63, 3.8) is 0 Å². The average molecular weight is 266 g/mol. The van der Waals surface area contributed by atoms with Gasteiger partial charge in [0.1, 0.15) is 0 Å². The van der Waals surface area contributed by atoms with Crippen LogP contribution in [0.4, 0.5) is 0 Å². The highest BCUT2D eigenvalue weighted by Gasteiger charge is 2.31. The number of carbonyl (C=O) groups excluding carboxylic acids is 1. The van der Waals surface area contributed by atoms with Crippen molar-refractivity contribution in [2.75, 3.05) is 13.1 Å². The van der Waals surface area contributed by atoms with Crippen molar-refractivity contribution >= 4 is 5.91 Å². The van der Waals surface area contributed by atoms with Crippen molar-refractivity contribution in [1.82, 2.24) is 10.6 Å². The minimum Gasteiger partial charge on any atom is -0.355 e. The first-order chi connectivity index (χ1) is 9.27. The molecule has 0 bridgehead atoms. The van der Waals surface area contributed by atoms with Gasteiger partial charge in [-0.2, -0.15) is 0 Å². The summed E-state index contributed by atoms with van der Waals surface area (Å²) in [6.45, 7) is 3.28. The Hall–Kier alpha value is -0.570. The molecule has 2 aliphatic carbocycles. The SMILES string of the molecule is CC(=O)NCCNC1CCCCC1C1CCCCC1. The van der Waals surface area contributed by atoms with Gasteiger partial charge in [-0.05, 0) is 24.7 Å². The Labute approximate surface area is 117 Å². The molecule has 2 aliphatic rings. The van der Waals surface area contributed by atoms with Gasteiger partial charge in [0.25, 0.3) is 0 Å². The van der Waals surface area contributed by atoms with Gasteiger partial charge in [0.05, 0.1) is 0 Å². The lowest BCUT2D eigenvalue weighted by Gasteiger charge is -2.39. The molecule has 2 N–H and O–H groups in total. The van der Waals surface area contributed by atoms with Crippen molar-refractivity contribution in [2.45, 2.75) is 70.8 Å². The van der Waals surface area contributed by atoms with Gasteiger partial charge in [-0.3, -0.25) is 4.79 Å². The summed E-state index contributed by atoms with van der Waals surface area (Å²) in [4.78, 5) is 10.9. The Kier molecular flexibility index (Phi) is 6.15. The molecule has 1 amide bonds. The Morgan fingerprint density at radius 2 is 1.63 bits per heavy atom. The second-order valence-electron chi connectivity index (χ2n) is 6.39. The lowest BCUT2D eigenvalue weighted by Crippen LogP contribution is -2.45. The van der Waals surface area contributed by atoms with E-state index in [1.807, 2.05) is 0 Å². The molecule has 0 radical (unpaired) electrons. The van der Waals surface area contributed by atoms with Crippen LogP contribution in [0.25, 0.3) is 0 Å². The number of nitrogens with one attached hydrogen (secondary N) is 2. The maximum absolute atomic E-state index is 10.9. The van der Waals surface area contributed by atoms with Gasteiger partial charge in [0.15, 0.2) is 0 Å². The second kappa shape index (κ2) is 7.88. The topological polar surface area (TPSA) is 41.1 Å². The van der Waals surface area contributed by atoms with Crippen molar-refractivity contribution in [1.29, 1.82) is 0 Å². The largest absolute Gasteiger partial charge is 0.355 e. The highest BCUT2D eigenvalue weighted by molar-refractivity contribution is 5.72. The van der Waals surface area contributed by atoms with Gasteiger partial charge in [-0.1, -0.05) is 44.9 Å². The van der Waals surface area contributed by atoms with Crippen LogP contribution in [0.15, 0.2) is 0 Å². The molecule has 3 nitrogen and oxygen atoms in total. The Morgan fingerprint density at radius 1 is 0.947 bits per heavy atom. The van der Waals surface area contributed by atoms with E-state index >= 15 is 0 Å². The van der Waals surface area contributed by atoms with Crippen LogP contribution in [-0.2, 0) is 4.79 Å². The fourth-order valence-corrected chi connectivity index (χ4v) is 4.04. The van der Waals surface area contributed by atoms with Crippen molar-refractivity contribution < 1.29 is 4.79 Å². The molecule has 2 saturated carbocycles. The third-order valence-electron chi connectivity index (χ3n) is 4.98. The number of hydrogen-bond donors (Lipinski definition) is 2. The van der Waals surface area contributed by atoms with E-state index in [0.29, 0.717) is 6.04 Å². The number of amides is 1. The van der Waals surface area contributed by atoms with Gasteiger partial charge < -0.3 is 10.6 Å². The molecule has 0 aromatic carbocycles. The highest BCUT2D eigenvalue weighted by Crippen LogP contribution is 2.38. The summed E-state index contributed by atoms with van der Waals surface area (Å²) in [5.41, 5.74) is 0. The van der Waals surface area contributed by atoms with E-state index in [0.717, 1.165) is 24.9 Å². The molecule has 2 fully saturated rings. The van der Waals surface area contributed by atoms with E-state index in [1.165, 1.54) is 57.8 Å². The zero-order valence-corrected chi connectivity index (χ0v) is 12.4. The first-order valence-electron chi connectivity index (χ1n) is 8.25. The Morgan fingerprint density at radius 3 is 2.37 bits per heavy atom. The average Bonchev–Trinajstić information content (AvgIpc) is 2.45. The van der Waals surface area contributed by atoms with Crippen LogP contribution in [0.1, 0.15) is 64.7 Å². The molecular formula is C16H30N2O. The molecule has 0 heterocycles. The summed E-state index contributed by atoms with van der Waals surface area (Å²) in [5, 5.41) is 6.59. The first-order valence-corrected chi connectivity index (χ1v) is 8.25. The summed E-state index contributed by atoms with van der Waals surface area (Å²) in [5.74, 6) is 1.94. The van der Waals surface area contributed by atoms with Gasteiger partial charge in [-0.15, -0.1) is 0 Å². The zero-order chi connectivity index (χ0) is 13.5. The fourth-order valence-electron chi connectivity index (χ4n) is 4.04. The summed E-state index contributed by atoms with van der Waals surface area (Å²) in [6.07, 6.45) is 12.8. The highest BCUT2D eigenvalue weighted by atomic mass is 16.1. The third-order valence-corrected chi connectivity index (χ3v) is 4.98. The Balaban J connectivity index is 1.76. The minimum absolute atomic E-state index is 0.0780. The molecule has 2 rings (SSSR count). The second-order valence-corrected chi connectivity index (χ2v) is 6.39. The quantitative estimate of drug-likeness (QED) is 0.751. The number of hydrogen-bond acceptors (Lipinski definition) is 2. The van der Waals surface area contributed by atoms with E-state index < -0.39 is 0 Å². The van der Waals surface area contributed by atoms with Crippen LogP contribution in [-0.4, -0.2) is 25.0 Å². The maximum Gasteiger partial charge on any atom is 0.216 e. The van der Waals surface area contributed by atoms with Crippen LogP contribution in [0.3, 0.4) is 0 Å². The normalized spacial score (nSPS) is 29.1. The van der Waals surface area contributed by atoms with Gasteiger partial charge in [0, 0.05) is 26.1 Å². The monoisotopic (exact) mass is 266 g/mol. The van der Waals surface area contributed by atoms with E-state index in [1.54, 1.807) is 6.92 Å². The van der Waals surface area contributed by atoms with Crippen molar-refractivity contribution in [2.24, 2.45) is 11.8 Å². The molecule has 0 aliphatic heterocycles. The molecule has 0 aromatic rings. The van der Waals surface area contributed by atoms with E-state index in [-0.39, 0.29) is 5.91 Å². The number of carbonyl (C=O) groups is 1. The van der Waals surface area contributed by atoms with Gasteiger partial charge in [0.2, 0.25) is 5.91 Å². The van der Waals surface area contributed by atoms with Crippen LogP contribution < -0.4 is 10.6 Å². The molecule has 0 saturated heterocycles. The molecule has 2 atom stereocenters. The van der Waals surface area contributed by atoms with Crippen LogP contribution in [0.5, 0.6) is 0 Å². The van der Waals surface area contributed by atoms with Crippen LogP contribution in [0.2, 0.25) is 0 Å². The molecular weight excluding hydrogens is 236 g/mol. The first kappa shape index (κ1) is 14.8. The number of rotatable bonds is 5. The molecule has 19 heavy (non-hydrogen) atoms. The van der Waals surface area contributed by atoms with Crippen molar-refractivity contribution in [3.8, 4) is 0 Å². The van der Waals surface area contributed by atoms with E-state index in [9.17, 15) is 4.79 Å². The lowest BCUT2D eigenvalue weighted by atomic mass is 9.71. The molecule has 0 aromatic heterocycles. The predicted octanol–water partition coefficient (Wildman–Crippen LogP) is 2.85. The lowest BCUT2D eigenvalue weighted by molar-refractivity contribution is -0.118. The van der Waals surface area contributed by atoms with E-state index in [4.69, 9.17) is 0 Å². The van der Waals surface area contributed by atoms with Crippen LogP contribution in [0, 0.1) is 11.8 Å². The summed E-state index contributed by atoms with van der Waals surface area (Å²) in [6, 6.07) is 0.700. The predicted molar refractivity (Wildman–Crippen MR) is 79.0 cm³/mol.